The highest BCUT2D eigenvalue weighted by molar-refractivity contribution is 5.80. The first-order valence-electron chi connectivity index (χ1n) is 30.6. The van der Waals surface area contributed by atoms with Crippen molar-refractivity contribution in [1.29, 1.82) is 0 Å². The van der Waals surface area contributed by atoms with Crippen molar-refractivity contribution in [2.24, 2.45) is 0 Å². The summed E-state index contributed by atoms with van der Waals surface area (Å²) in [5.41, 5.74) is 0. The fourth-order valence-electron chi connectivity index (χ4n) is 9.71. The van der Waals surface area contributed by atoms with E-state index in [1.807, 2.05) is 6.08 Å². The minimum atomic E-state index is -1.61. The van der Waals surface area contributed by atoms with Crippen LogP contribution in [0.3, 0.4) is 0 Å². The molecule has 1 aliphatic rings. The van der Waals surface area contributed by atoms with Crippen LogP contribution in [0.5, 0.6) is 0 Å². The van der Waals surface area contributed by atoms with Crippen LogP contribution in [0.2, 0.25) is 0 Å². The summed E-state index contributed by atoms with van der Waals surface area (Å²) in [4.78, 5) is 26.5. The van der Waals surface area contributed by atoms with Crippen molar-refractivity contribution in [2.45, 2.75) is 339 Å². The van der Waals surface area contributed by atoms with Crippen LogP contribution in [-0.2, 0) is 23.8 Å². The lowest BCUT2D eigenvalue weighted by Crippen LogP contribution is -2.61. The molecule has 1 heterocycles. The number of esters is 1. The average Bonchev–Trinajstić information content (AvgIpc) is 3.38. The first kappa shape index (κ1) is 68.2. The van der Waals surface area contributed by atoms with Gasteiger partial charge in [0.2, 0.25) is 5.91 Å². The fraction of sp³-hybridized carbons (Fsp3) is 0.902. The molecule has 72 heavy (non-hydrogen) atoms. The van der Waals surface area contributed by atoms with Crippen molar-refractivity contribution in [2.75, 3.05) is 13.2 Å². The van der Waals surface area contributed by atoms with E-state index in [2.05, 4.69) is 38.2 Å². The molecule has 8 unspecified atom stereocenters. The average molecular weight is 1020 g/mol. The van der Waals surface area contributed by atoms with E-state index in [9.17, 15) is 35.1 Å². The third-order valence-electron chi connectivity index (χ3n) is 14.6. The summed E-state index contributed by atoms with van der Waals surface area (Å²) >= 11 is 0. The van der Waals surface area contributed by atoms with E-state index in [1.165, 1.54) is 186 Å². The zero-order chi connectivity index (χ0) is 52.5. The number of nitrogens with one attached hydrogen (secondary N) is 1. The van der Waals surface area contributed by atoms with Crippen LogP contribution in [0.4, 0.5) is 0 Å². The van der Waals surface area contributed by atoms with E-state index in [1.54, 1.807) is 6.08 Å². The maximum atomic E-state index is 13.4. The number of rotatable bonds is 52. The van der Waals surface area contributed by atoms with Crippen molar-refractivity contribution < 1.29 is 49.3 Å². The van der Waals surface area contributed by atoms with Crippen LogP contribution in [0.15, 0.2) is 24.3 Å². The highest BCUT2D eigenvalue weighted by Crippen LogP contribution is 2.26. The number of hydrogen-bond acceptors (Lipinski definition) is 10. The quantitative estimate of drug-likeness (QED) is 0.0195. The summed E-state index contributed by atoms with van der Waals surface area (Å²) in [5, 5.41) is 56.9. The van der Waals surface area contributed by atoms with Crippen molar-refractivity contribution in [1.82, 2.24) is 5.32 Å². The topological polar surface area (TPSA) is 175 Å². The summed E-state index contributed by atoms with van der Waals surface area (Å²) in [6.07, 6.45) is 46.5. The maximum Gasteiger partial charge on any atom is 0.306 e. The molecule has 0 spiro atoms. The molecular weight excluding hydrogens is 907 g/mol. The Hall–Kier alpha value is -1.86. The van der Waals surface area contributed by atoms with E-state index in [4.69, 9.17) is 14.2 Å². The van der Waals surface area contributed by atoms with Crippen molar-refractivity contribution >= 4 is 11.9 Å². The second-order valence-electron chi connectivity index (χ2n) is 21.4. The predicted molar refractivity (Wildman–Crippen MR) is 297 cm³/mol. The predicted octanol–water partition coefficient (Wildman–Crippen LogP) is 14.1. The number of aliphatic hydroxyl groups is 5. The molecule has 1 amide bonds. The Bertz CT molecular complexity index is 1270. The number of hydrogen-bond donors (Lipinski definition) is 6. The molecule has 11 heteroatoms. The van der Waals surface area contributed by atoms with Crippen LogP contribution in [0, 0.1) is 0 Å². The lowest BCUT2D eigenvalue weighted by molar-refractivity contribution is -0.305. The van der Waals surface area contributed by atoms with Crippen LogP contribution in [-0.4, -0.2) is 99.6 Å². The smallest absolute Gasteiger partial charge is 0.306 e. The molecule has 1 saturated heterocycles. The lowest BCUT2D eigenvalue weighted by Gasteiger charge is -2.41. The Kier molecular flexibility index (Phi) is 47.3. The molecule has 0 saturated carbocycles. The normalized spacial score (nSPS) is 19.6. The van der Waals surface area contributed by atoms with Crippen molar-refractivity contribution in [3.63, 3.8) is 0 Å². The van der Waals surface area contributed by atoms with Gasteiger partial charge >= 0.3 is 5.97 Å². The van der Waals surface area contributed by atoms with E-state index in [0.29, 0.717) is 19.3 Å². The Balaban J connectivity index is 2.65. The summed E-state index contributed by atoms with van der Waals surface area (Å²) < 4.78 is 17.6. The van der Waals surface area contributed by atoms with Crippen LogP contribution in [0.1, 0.15) is 290 Å². The van der Waals surface area contributed by atoms with Gasteiger partial charge in [-0.05, 0) is 51.4 Å². The number of carbonyl (C=O) groups excluding carboxylic acids is 2. The zero-order valence-electron chi connectivity index (χ0n) is 46.8. The molecule has 0 bridgehead atoms. The van der Waals surface area contributed by atoms with Gasteiger partial charge in [0.05, 0.1) is 25.4 Å². The molecular formula is C61H115NO10. The second-order valence-corrected chi connectivity index (χ2v) is 21.4. The van der Waals surface area contributed by atoms with E-state index in [0.717, 1.165) is 57.8 Å². The Morgan fingerprint density at radius 2 is 0.917 bits per heavy atom. The summed E-state index contributed by atoms with van der Waals surface area (Å²) in [6, 6.07) is -1.02. The number of ether oxygens (including phenoxy) is 3. The molecule has 0 aromatic rings. The molecule has 1 fully saturated rings. The molecule has 6 N–H and O–H groups in total. The second kappa shape index (κ2) is 50.0. The van der Waals surface area contributed by atoms with E-state index < -0.39 is 67.4 Å². The van der Waals surface area contributed by atoms with E-state index in [-0.39, 0.29) is 13.0 Å². The first-order valence-corrected chi connectivity index (χ1v) is 30.6. The number of carbonyl (C=O) groups is 2. The highest BCUT2D eigenvalue weighted by Gasteiger charge is 2.47. The van der Waals surface area contributed by atoms with Gasteiger partial charge in [0.25, 0.3) is 0 Å². The third kappa shape index (κ3) is 37.8. The summed E-state index contributed by atoms with van der Waals surface area (Å²) in [6.45, 7) is 5.79. The molecule has 11 nitrogen and oxygen atoms in total. The van der Waals surface area contributed by atoms with Gasteiger partial charge in [-0.3, -0.25) is 9.59 Å². The molecule has 1 rings (SSSR count). The maximum absolute atomic E-state index is 13.4. The number of unbranched alkanes of at least 4 members (excludes halogenated alkanes) is 36. The van der Waals surface area contributed by atoms with Gasteiger partial charge in [-0.2, -0.15) is 0 Å². The van der Waals surface area contributed by atoms with Gasteiger partial charge in [-0.25, -0.2) is 0 Å². The van der Waals surface area contributed by atoms with Gasteiger partial charge < -0.3 is 45.1 Å². The molecule has 8 atom stereocenters. The van der Waals surface area contributed by atoms with Gasteiger partial charge in [0.1, 0.15) is 24.4 Å². The Morgan fingerprint density at radius 1 is 0.528 bits per heavy atom. The summed E-state index contributed by atoms with van der Waals surface area (Å²) in [5.74, 6) is -1.19. The molecule has 0 aromatic carbocycles. The number of aliphatic hydroxyl groups excluding tert-OH is 5. The molecule has 0 aliphatic carbocycles. The van der Waals surface area contributed by atoms with Crippen molar-refractivity contribution in [3.05, 3.63) is 24.3 Å². The van der Waals surface area contributed by atoms with E-state index >= 15 is 0 Å². The Labute approximate surface area is 441 Å². The van der Waals surface area contributed by atoms with Crippen molar-refractivity contribution in [3.8, 4) is 0 Å². The number of allylic oxidation sites excluding steroid dienone is 3. The molecule has 1 aliphatic heterocycles. The lowest BCUT2D eigenvalue weighted by atomic mass is 9.99. The van der Waals surface area contributed by atoms with Gasteiger partial charge in [0.15, 0.2) is 12.4 Å². The highest BCUT2D eigenvalue weighted by atomic mass is 16.7. The van der Waals surface area contributed by atoms with Gasteiger partial charge in [-0.1, -0.05) is 257 Å². The minimum Gasteiger partial charge on any atom is -0.454 e. The van der Waals surface area contributed by atoms with Crippen LogP contribution in [0.25, 0.3) is 0 Å². The fourth-order valence-corrected chi connectivity index (χ4v) is 9.71. The number of amides is 1. The largest absolute Gasteiger partial charge is 0.454 e. The monoisotopic (exact) mass is 1020 g/mol. The molecule has 0 aromatic heterocycles. The van der Waals surface area contributed by atoms with Gasteiger partial charge in [0, 0.05) is 6.42 Å². The zero-order valence-corrected chi connectivity index (χ0v) is 46.8. The molecule has 0 radical (unpaired) electrons. The van der Waals surface area contributed by atoms with Gasteiger partial charge in [-0.15, -0.1) is 0 Å². The Morgan fingerprint density at radius 3 is 1.35 bits per heavy atom. The molecule has 424 valence electrons. The minimum absolute atomic E-state index is 0.125. The first-order chi connectivity index (χ1) is 35.2. The SMILES string of the molecule is CCCCCCCC/C=C/CCCCCCCCCCCC(=O)OC1C(OCC(NC(=O)C(O)CCCCCCCCCCCCCCC)C(O)/C=C/CCCCCCCCCCC)OC(CO)C(O)C1O. The van der Waals surface area contributed by atoms with Crippen LogP contribution >= 0.6 is 0 Å². The van der Waals surface area contributed by atoms with Crippen LogP contribution < -0.4 is 5.32 Å². The summed E-state index contributed by atoms with van der Waals surface area (Å²) in [7, 11) is 0. The standard InChI is InChI=1S/C61H115NO10/c1-4-7-10-13-16-19-22-24-25-26-27-28-29-31-34-37-40-43-46-49-56(66)72-59-58(68)57(67)55(50-63)71-61(59)70-51-52(53(64)47-44-41-38-35-32-21-18-15-12-9-6-3)62-60(69)54(65)48-45-42-39-36-33-30-23-20-17-14-11-8-5-2/h24-25,44,47,52-55,57-59,61,63-65,67-68H,4-23,26-43,45-46,48-51H2,1-3H3,(H,62,69)/b25-24+,47-44+. The third-order valence-corrected chi connectivity index (χ3v) is 14.6.